The third kappa shape index (κ3) is 10.6. The largest absolute Gasteiger partial charge is 0.494 e. The molecule has 9 nitrogen and oxygen atoms in total. The number of aromatic nitrogens is 4. The van der Waals surface area contributed by atoms with Gasteiger partial charge in [0, 0.05) is 12.8 Å². The molecular formula is C27H36N6O3S. The fourth-order valence-electron chi connectivity index (χ4n) is 3.52. The minimum absolute atomic E-state index is 0.00984. The molecule has 37 heavy (non-hydrogen) atoms. The number of amides is 2. The van der Waals surface area contributed by atoms with Crippen molar-refractivity contribution >= 4 is 34.1 Å². The number of hydrogen-bond donors (Lipinski definition) is 2. The highest BCUT2D eigenvalue weighted by Crippen LogP contribution is 2.18. The SMILES string of the molecule is CCCCOc1cccc(CC(=O)Nc2ccc(CCCCc3nnc(NC(=O)CCCC)s3)nn2)c1. The lowest BCUT2D eigenvalue weighted by molar-refractivity contribution is -0.116. The smallest absolute Gasteiger partial charge is 0.229 e. The molecule has 10 heteroatoms. The number of nitrogens with zero attached hydrogens (tertiary/aromatic N) is 4. The minimum Gasteiger partial charge on any atom is -0.494 e. The zero-order valence-electron chi connectivity index (χ0n) is 21.7. The van der Waals surface area contributed by atoms with Gasteiger partial charge in [-0.25, -0.2) is 0 Å². The molecule has 0 saturated carbocycles. The fourth-order valence-corrected chi connectivity index (χ4v) is 4.32. The molecule has 0 spiro atoms. The van der Waals surface area contributed by atoms with Crippen LogP contribution in [0.25, 0.3) is 0 Å². The van der Waals surface area contributed by atoms with Crippen molar-refractivity contribution in [3.05, 3.63) is 52.7 Å². The maximum Gasteiger partial charge on any atom is 0.229 e. The van der Waals surface area contributed by atoms with Gasteiger partial charge in [-0.15, -0.1) is 15.3 Å². The summed E-state index contributed by atoms with van der Waals surface area (Å²) in [4.78, 5) is 24.2. The molecule has 0 aliphatic rings. The van der Waals surface area contributed by atoms with Crippen LogP contribution in [-0.4, -0.2) is 38.8 Å². The van der Waals surface area contributed by atoms with Crippen LogP contribution in [0.15, 0.2) is 36.4 Å². The van der Waals surface area contributed by atoms with E-state index in [1.807, 2.05) is 30.3 Å². The van der Waals surface area contributed by atoms with E-state index in [4.69, 9.17) is 4.74 Å². The van der Waals surface area contributed by atoms with Crippen LogP contribution in [0.1, 0.15) is 75.1 Å². The average Bonchev–Trinajstić information content (AvgIpc) is 3.33. The van der Waals surface area contributed by atoms with E-state index in [0.717, 1.165) is 73.4 Å². The van der Waals surface area contributed by atoms with E-state index in [1.165, 1.54) is 11.3 Å². The zero-order valence-corrected chi connectivity index (χ0v) is 22.5. The van der Waals surface area contributed by atoms with E-state index in [9.17, 15) is 9.59 Å². The quantitative estimate of drug-likeness (QED) is 0.241. The number of rotatable bonds is 16. The van der Waals surface area contributed by atoms with Gasteiger partial charge in [0.2, 0.25) is 16.9 Å². The minimum atomic E-state index is -0.147. The molecule has 1 aromatic carbocycles. The van der Waals surface area contributed by atoms with E-state index < -0.39 is 0 Å². The summed E-state index contributed by atoms with van der Waals surface area (Å²) in [7, 11) is 0. The number of benzene rings is 1. The number of ether oxygens (including phenoxy) is 1. The summed E-state index contributed by atoms with van der Waals surface area (Å²) in [5.74, 6) is 1.06. The van der Waals surface area contributed by atoms with Crippen LogP contribution in [-0.2, 0) is 28.9 Å². The molecular weight excluding hydrogens is 488 g/mol. The first-order chi connectivity index (χ1) is 18.1. The average molecular weight is 525 g/mol. The summed E-state index contributed by atoms with van der Waals surface area (Å²) in [6.07, 6.45) is 8.13. The first kappa shape index (κ1) is 28.2. The van der Waals surface area contributed by atoms with E-state index in [0.29, 0.717) is 24.0 Å². The second-order valence-electron chi connectivity index (χ2n) is 8.84. The summed E-state index contributed by atoms with van der Waals surface area (Å²) in [5, 5.41) is 23.7. The molecule has 2 aromatic heterocycles. The van der Waals surface area contributed by atoms with Gasteiger partial charge in [0.15, 0.2) is 5.82 Å². The van der Waals surface area contributed by atoms with Crippen LogP contribution < -0.4 is 15.4 Å². The lowest BCUT2D eigenvalue weighted by Crippen LogP contribution is -2.16. The Labute approximate surface area is 222 Å². The molecule has 3 aromatic rings. The molecule has 0 saturated heterocycles. The van der Waals surface area contributed by atoms with Crippen LogP contribution in [0.3, 0.4) is 0 Å². The van der Waals surface area contributed by atoms with Crippen LogP contribution in [0.2, 0.25) is 0 Å². The highest BCUT2D eigenvalue weighted by molar-refractivity contribution is 7.15. The molecule has 3 rings (SSSR count). The van der Waals surface area contributed by atoms with Gasteiger partial charge in [-0.1, -0.05) is 50.2 Å². The van der Waals surface area contributed by atoms with Crippen LogP contribution in [0.5, 0.6) is 5.75 Å². The molecule has 2 heterocycles. The van der Waals surface area contributed by atoms with Crippen molar-refractivity contribution in [2.75, 3.05) is 17.2 Å². The number of nitrogens with one attached hydrogen (secondary N) is 2. The Balaban J connectivity index is 1.36. The van der Waals surface area contributed by atoms with Crippen molar-refractivity contribution < 1.29 is 14.3 Å². The van der Waals surface area contributed by atoms with Crippen molar-refractivity contribution in [3.8, 4) is 5.75 Å². The number of carbonyl (C=O) groups excluding carboxylic acids is 2. The third-order valence-corrected chi connectivity index (χ3v) is 6.46. The number of anilines is 2. The normalized spacial score (nSPS) is 10.8. The summed E-state index contributed by atoms with van der Waals surface area (Å²) in [6.45, 7) is 4.85. The number of hydrogen-bond acceptors (Lipinski definition) is 8. The van der Waals surface area contributed by atoms with Gasteiger partial charge in [0.05, 0.1) is 18.7 Å². The van der Waals surface area contributed by atoms with Gasteiger partial charge in [0.25, 0.3) is 0 Å². The predicted molar refractivity (Wildman–Crippen MR) is 146 cm³/mol. The Morgan fingerprint density at radius 1 is 0.865 bits per heavy atom. The Morgan fingerprint density at radius 3 is 2.49 bits per heavy atom. The van der Waals surface area contributed by atoms with Crippen LogP contribution in [0, 0.1) is 0 Å². The second kappa shape index (κ2) is 15.7. The van der Waals surface area contributed by atoms with Crippen molar-refractivity contribution in [1.82, 2.24) is 20.4 Å². The Hall–Kier alpha value is -3.40. The van der Waals surface area contributed by atoms with Crippen molar-refractivity contribution in [2.45, 2.75) is 78.1 Å². The molecule has 0 radical (unpaired) electrons. The van der Waals surface area contributed by atoms with Crippen molar-refractivity contribution in [2.24, 2.45) is 0 Å². The monoisotopic (exact) mass is 524 g/mol. The topological polar surface area (TPSA) is 119 Å². The van der Waals surface area contributed by atoms with Crippen molar-refractivity contribution in [3.63, 3.8) is 0 Å². The molecule has 2 N–H and O–H groups in total. The van der Waals surface area contributed by atoms with E-state index in [1.54, 1.807) is 6.07 Å². The van der Waals surface area contributed by atoms with Gasteiger partial charge in [0.1, 0.15) is 10.8 Å². The standard InChI is InChI=1S/C27H36N6O3S/c1-3-5-13-24(34)29-27-33-32-26(37-27)14-8-7-11-21-15-16-23(31-30-21)28-25(35)19-20-10-9-12-22(18-20)36-17-6-4-2/h9-10,12,15-16,18H,3-8,11,13-14,17,19H2,1-2H3,(H,28,31,35)(H,29,33,34). The molecule has 0 aliphatic heterocycles. The van der Waals surface area contributed by atoms with Crippen molar-refractivity contribution in [1.29, 1.82) is 0 Å². The summed E-state index contributed by atoms with van der Waals surface area (Å²) in [5.41, 5.74) is 1.76. The molecule has 0 unspecified atom stereocenters. The van der Waals surface area contributed by atoms with Gasteiger partial charge in [-0.3, -0.25) is 9.59 Å². The number of unbranched alkanes of at least 4 members (excludes halogenated alkanes) is 3. The first-order valence-electron chi connectivity index (χ1n) is 13.0. The molecule has 198 valence electrons. The Morgan fingerprint density at radius 2 is 1.70 bits per heavy atom. The van der Waals surface area contributed by atoms with Crippen LogP contribution in [0.4, 0.5) is 10.9 Å². The van der Waals surface area contributed by atoms with E-state index in [-0.39, 0.29) is 18.2 Å². The summed E-state index contributed by atoms with van der Waals surface area (Å²) in [6, 6.07) is 11.3. The van der Waals surface area contributed by atoms with E-state index >= 15 is 0 Å². The molecule has 0 atom stereocenters. The maximum atomic E-state index is 12.4. The molecule has 0 fully saturated rings. The predicted octanol–water partition coefficient (Wildman–Crippen LogP) is 5.38. The number of carbonyl (C=O) groups is 2. The highest BCUT2D eigenvalue weighted by atomic mass is 32.1. The van der Waals surface area contributed by atoms with E-state index in [2.05, 4.69) is 44.9 Å². The van der Waals surface area contributed by atoms with Gasteiger partial charge in [-0.05, 0) is 61.9 Å². The Kier molecular flexibility index (Phi) is 11.9. The molecule has 2 amide bonds. The summed E-state index contributed by atoms with van der Waals surface area (Å²) >= 11 is 1.42. The van der Waals surface area contributed by atoms with Gasteiger partial charge < -0.3 is 15.4 Å². The third-order valence-electron chi connectivity index (χ3n) is 5.56. The van der Waals surface area contributed by atoms with Gasteiger partial charge >= 0.3 is 0 Å². The first-order valence-corrected chi connectivity index (χ1v) is 13.8. The summed E-state index contributed by atoms with van der Waals surface area (Å²) < 4.78 is 5.72. The lowest BCUT2D eigenvalue weighted by atomic mass is 10.1. The Bertz CT molecular complexity index is 1120. The van der Waals surface area contributed by atoms with Gasteiger partial charge in [-0.2, -0.15) is 5.10 Å². The zero-order chi connectivity index (χ0) is 26.3. The lowest BCUT2D eigenvalue weighted by Gasteiger charge is -2.08. The number of aryl methyl sites for hydroxylation is 2. The molecule has 0 bridgehead atoms. The molecule has 0 aliphatic carbocycles. The fraction of sp³-hybridized carbons (Fsp3) is 0.481. The second-order valence-corrected chi connectivity index (χ2v) is 9.91. The highest BCUT2D eigenvalue weighted by Gasteiger charge is 2.09. The van der Waals surface area contributed by atoms with Crippen LogP contribution >= 0.6 is 11.3 Å². The maximum absolute atomic E-state index is 12.4.